The van der Waals surface area contributed by atoms with Gasteiger partial charge in [-0.05, 0) is 60.6 Å². The summed E-state index contributed by atoms with van der Waals surface area (Å²) in [6, 6.07) is 11.3. The van der Waals surface area contributed by atoms with Crippen molar-refractivity contribution in [1.82, 2.24) is 9.55 Å². The number of nitrogens with two attached hydrogens (primary N) is 2. The van der Waals surface area contributed by atoms with E-state index < -0.39 is 17.3 Å². The van der Waals surface area contributed by atoms with Crippen LogP contribution in [0.3, 0.4) is 0 Å². The van der Waals surface area contributed by atoms with Crippen molar-refractivity contribution in [3.8, 4) is 5.69 Å². The van der Waals surface area contributed by atoms with Gasteiger partial charge in [0, 0.05) is 24.5 Å². The molecule has 7 nitrogen and oxygen atoms in total. The van der Waals surface area contributed by atoms with E-state index in [1.807, 2.05) is 12.1 Å². The van der Waals surface area contributed by atoms with Crippen LogP contribution in [0.1, 0.15) is 41.9 Å². The molecule has 172 valence electrons. The van der Waals surface area contributed by atoms with Crippen LogP contribution >= 0.6 is 0 Å². The monoisotopic (exact) mass is 456 g/mol. The molecule has 1 aliphatic rings. The molecular formula is C23H23F3N6O. The predicted octanol–water partition coefficient (Wildman–Crippen LogP) is 4.04. The van der Waals surface area contributed by atoms with Crippen molar-refractivity contribution in [1.29, 1.82) is 0 Å². The maximum atomic E-state index is 13.7. The second-order valence-corrected chi connectivity index (χ2v) is 7.94. The summed E-state index contributed by atoms with van der Waals surface area (Å²) in [4.78, 5) is 16.9. The number of anilines is 2. The number of hydrogen-bond acceptors (Lipinski definition) is 5. The van der Waals surface area contributed by atoms with Crippen LogP contribution in [0.25, 0.3) is 5.69 Å². The molecule has 0 radical (unpaired) electrons. The predicted molar refractivity (Wildman–Crippen MR) is 121 cm³/mol. The van der Waals surface area contributed by atoms with Crippen LogP contribution in [0.2, 0.25) is 0 Å². The number of aryl methyl sites for hydroxylation is 1. The third-order valence-electron chi connectivity index (χ3n) is 5.54. The number of hydrazone groups is 1. The first-order valence-corrected chi connectivity index (χ1v) is 10.4. The Morgan fingerprint density at radius 1 is 1.18 bits per heavy atom. The second-order valence-electron chi connectivity index (χ2n) is 7.94. The SMILES string of the molecule is N/N=C(\N)CCc1ccc(-n2ccnc(Nc3ccc(C4CC4)cc3C(F)(F)F)c2=O)cc1. The van der Waals surface area contributed by atoms with Crippen molar-refractivity contribution in [2.24, 2.45) is 16.7 Å². The van der Waals surface area contributed by atoms with E-state index in [0.717, 1.165) is 24.5 Å². The average Bonchev–Trinajstić information content (AvgIpc) is 3.64. The molecule has 0 saturated heterocycles. The first kappa shape index (κ1) is 22.4. The highest BCUT2D eigenvalue weighted by Crippen LogP contribution is 2.44. The van der Waals surface area contributed by atoms with Gasteiger partial charge >= 0.3 is 6.18 Å². The van der Waals surface area contributed by atoms with Crippen LogP contribution < -0.4 is 22.5 Å². The number of nitrogens with zero attached hydrogens (tertiary/aromatic N) is 3. The largest absolute Gasteiger partial charge is 0.418 e. The molecule has 0 amide bonds. The topological polar surface area (TPSA) is 111 Å². The van der Waals surface area contributed by atoms with Gasteiger partial charge in [-0.15, -0.1) is 0 Å². The Bertz CT molecular complexity index is 1230. The lowest BCUT2D eigenvalue weighted by molar-refractivity contribution is -0.137. The van der Waals surface area contributed by atoms with Crippen LogP contribution in [0.4, 0.5) is 24.7 Å². The fourth-order valence-corrected chi connectivity index (χ4v) is 3.56. The second kappa shape index (κ2) is 8.97. The minimum Gasteiger partial charge on any atom is -0.386 e. The van der Waals surface area contributed by atoms with E-state index in [2.05, 4.69) is 15.4 Å². The highest BCUT2D eigenvalue weighted by atomic mass is 19.4. The van der Waals surface area contributed by atoms with Crippen LogP contribution in [0.5, 0.6) is 0 Å². The molecule has 2 aromatic carbocycles. The van der Waals surface area contributed by atoms with E-state index in [4.69, 9.17) is 11.6 Å². The Morgan fingerprint density at radius 3 is 2.55 bits per heavy atom. The summed E-state index contributed by atoms with van der Waals surface area (Å²) in [6.45, 7) is 0. The number of aromatic nitrogens is 2. The first-order chi connectivity index (χ1) is 15.8. The lowest BCUT2D eigenvalue weighted by atomic mass is 10.0. The Balaban J connectivity index is 1.60. The van der Waals surface area contributed by atoms with E-state index in [0.29, 0.717) is 29.9 Å². The molecular weight excluding hydrogens is 433 g/mol. The van der Waals surface area contributed by atoms with Crippen molar-refractivity contribution >= 4 is 17.3 Å². The zero-order valence-electron chi connectivity index (χ0n) is 17.6. The van der Waals surface area contributed by atoms with Gasteiger partial charge in [0.05, 0.1) is 11.3 Å². The summed E-state index contributed by atoms with van der Waals surface area (Å²) in [5, 5.41) is 6.02. The van der Waals surface area contributed by atoms with Crippen molar-refractivity contribution < 1.29 is 13.2 Å². The summed E-state index contributed by atoms with van der Waals surface area (Å²) in [6.07, 6.45) is 1.17. The maximum Gasteiger partial charge on any atom is 0.418 e. The molecule has 1 heterocycles. The third kappa shape index (κ3) is 5.16. The molecule has 0 bridgehead atoms. The Kier molecular flexibility index (Phi) is 6.08. The van der Waals surface area contributed by atoms with E-state index in [-0.39, 0.29) is 17.4 Å². The minimum atomic E-state index is -4.56. The lowest BCUT2D eigenvalue weighted by Gasteiger charge is -2.16. The smallest absolute Gasteiger partial charge is 0.386 e. The first-order valence-electron chi connectivity index (χ1n) is 10.4. The summed E-state index contributed by atoms with van der Waals surface area (Å²) in [5.74, 6) is 5.44. The molecule has 0 unspecified atom stereocenters. The van der Waals surface area contributed by atoms with Gasteiger partial charge in [0.2, 0.25) is 0 Å². The fraction of sp³-hybridized carbons (Fsp3) is 0.261. The highest BCUT2D eigenvalue weighted by molar-refractivity contribution is 5.80. The third-order valence-corrected chi connectivity index (χ3v) is 5.54. The molecule has 3 aromatic rings. The van der Waals surface area contributed by atoms with Gasteiger partial charge in [-0.2, -0.15) is 18.3 Å². The highest BCUT2D eigenvalue weighted by Gasteiger charge is 2.35. The van der Waals surface area contributed by atoms with Gasteiger partial charge in [0.1, 0.15) is 5.84 Å². The number of nitrogens with one attached hydrogen (secondary N) is 1. The molecule has 5 N–H and O–H groups in total. The van der Waals surface area contributed by atoms with E-state index >= 15 is 0 Å². The van der Waals surface area contributed by atoms with Crippen molar-refractivity contribution in [3.63, 3.8) is 0 Å². The van der Waals surface area contributed by atoms with Gasteiger partial charge in [-0.3, -0.25) is 9.36 Å². The van der Waals surface area contributed by atoms with E-state index in [9.17, 15) is 18.0 Å². The molecule has 1 aromatic heterocycles. The van der Waals surface area contributed by atoms with E-state index in [1.165, 1.54) is 23.0 Å². The Labute approximate surface area is 187 Å². The van der Waals surface area contributed by atoms with Gasteiger partial charge in [-0.1, -0.05) is 18.2 Å². The lowest BCUT2D eigenvalue weighted by Crippen LogP contribution is -2.22. The fourth-order valence-electron chi connectivity index (χ4n) is 3.56. The Morgan fingerprint density at radius 2 is 1.91 bits per heavy atom. The van der Waals surface area contributed by atoms with Crippen molar-refractivity contribution in [3.05, 3.63) is 81.9 Å². The maximum absolute atomic E-state index is 13.7. The van der Waals surface area contributed by atoms with Gasteiger partial charge < -0.3 is 16.9 Å². The molecule has 33 heavy (non-hydrogen) atoms. The van der Waals surface area contributed by atoms with Crippen LogP contribution in [0.15, 0.2) is 64.8 Å². The standard InChI is InChI=1S/C23H23F3N6O/c24-23(25,26)18-13-16(15-4-5-15)6-9-19(18)30-21-22(33)32(12-11-29-21)17-7-1-14(2-8-17)3-10-20(27)31-28/h1-2,6-9,11-13,15H,3-5,10,28H2,(H2,27,31)(H,29,30). The number of benzene rings is 2. The molecule has 0 aliphatic heterocycles. The number of hydrogen-bond donors (Lipinski definition) is 3. The average molecular weight is 456 g/mol. The summed E-state index contributed by atoms with van der Waals surface area (Å²) < 4.78 is 42.3. The summed E-state index contributed by atoms with van der Waals surface area (Å²) in [5.41, 5.74) is 6.20. The van der Waals surface area contributed by atoms with Gasteiger partial charge in [0.15, 0.2) is 5.82 Å². The molecule has 1 aliphatic carbocycles. The quantitative estimate of drug-likeness (QED) is 0.215. The molecule has 0 spiro atoms. The van der Waals surface area contributed by atoms with Crippen molar-refractivity contribution in [2.45, 2.75) is 37.8 Å². The van der Waals surface area contributed by atoms with Crippen LogP contribution in [-0.2, 0) is 12.6 Å². The zero-order valence-corrected chi connectivity index (χ0v) is 17.6. The van der Waals surface area contributed by atoms with Crippen LogP contribution in [-0.4, -0.2) is 15.4 Å². The number of amidine groups is 1. The molecule has 1 saturated carbocycles. The summed E-state index contributed by atoms with van der Waals surface area (Å²) >= 11 is 0. The summed E-state index contributed by atoms with van der Waals surface area (Å²) in [7, 11) is 0. The molecule has 10 heteroatoms. The molecule has 4 rings (SSSR count). The number of halogens is 3. The number of rotatable bonds is 7. The zero-order chi connectivity index (χ0) is 23.6. The Hall–Kier alpha value is -3.82. The van der Waals surface area contributed by atoms with Crippen molar-refractivity contribution in [2.75, 3.05) is 5.32 Å². The van der Waals surface area contributed by atoms with Crippen LogP contribution in [0, 0.1) is 0 Å². The van der Waals surface area contributed by atoms with E-state index in [1.54, 1.807) is 18.2 Å². The number of alkyl halides is 3. The molecule has 1 fully saturated rings. The van der Waals surface area contributed by atoms with Gasteiger partial charge in [0.25, 0.3) is 5.56 Å². The normalized spacial score (nSPS) is 14.3. The minimum absolute atomic E-state index is 0.175. The van der Waals surface area contributed by atoms with Gasteiger partial charge in [-0.25, -0.2) is 4.98 Å². The molecule has 0 atom stereocenters.